The molecule has 0 unspecified atom stereocenters. The zero-order valence-electron chi connectivity index (χ0n) is 8.93. The third-order valence-corrected chi connectivity index (χ3v) is 3.03. The Hall–Kier alpha value is -1.59. The van der Waals surface area contributed by atoms with Crippen molar-refractivity contribution in [2.75, 3.05) is 0 Å². The summed E-state index contributed by atoms with van der Waals surface area (Å²) >= 11 is 9.04. The van der Waals surface area contributed by atoms with E-state index in [9.17, 15) is 4.79 Å². The van der Waals surface area contributed by atoms with Crippen molar-refractivity contribution in [3.05, 3.63) is 51.6 Å². The minimum Gasteiger partial charge on any atom is -0.476 e. The van der Waals surface area contributed by atoms with Gasteiger partial charge in [0.25, 0.3) is 0 Å². The number of aromatic nitrogens is 1. The van der Waals surface area contributed by atoms with Crippen LogP contribution >= 0.6 is 27.5 Å². The van der Waals surface area contributed by atoms with E-state index in [1.807, 2.05) is 12.1 Å². The van der Waals surface area contributed by atoms with E-state index in [4.69, 9.17) is 21.4 Å². The van der Waals surface area contributed by atoms with Crippen LogP contribution in [0.2, 0.25) is 5.02 Å². The highest BCUT2D eigenvalue weighted by Gasteiger charge is 2.12. The van der Waals surface area contributed by atoms with Gasteiger partial charge in [-0.05, 0) is 34.1 Å². The number of pyridine rings is 1. The second kappa shape index (κ2) is 5.37. The first-order valence-electron chi connectivity index (χ1n) is 4.90. The van der Waals surface area contributed by atoms with Gasteiger partial charge in [-0.25, -0.2) is 9.78 Å². The molecule has 0 aliphatic heterocycles. The fourth-order valence-electron chi connectivity index (χ4n) is 1.27. The van der Waals surface area contributed by atoms with Crippen molar-refractivity contribution < 1.29 is 14.6 Å². The van der Waals surface area contributed by atoms with Crippen molar-refractivity contribution in [3.63, 3.8) is 0 Å². The number of ether oxygens (including phenoxy) is 1. The molecule has 0 fully saturated rings. The first-order chi connectivity index (χ1) is 8.58. The molecule has 6 heteroatoms. The molecule has 0 saturated heterocycles. The summed E-state index contributed by atoms with van der Waals surface area (Å²) in [5.74, 6) is -0.482. The van der Waals surface area contributed by atoms with Crippen LogP contribution in [-0.4, -0.2) is 16.1 Å². The molecule has 0 bridgehead atoms. The second-order valence-electron chi connectivity index (χ2n) is 3.32. The molecule has 4 nitrogen and oxygen atoms in total. The van der Waals surface area contributed by atoms with E-state index in [-0.39, 0.29) is 16.6 Å². The summed E-state index contributed by atoms with van der Waals surface area (Å²) in [5.41, 5.74) is -0.235. The Morgan fingerprint density at radius 1 is 1.28 bits per heavy atom. The van der Waals surface area contributed by atoms with Crippen molar-refractivity contribution >= 4 is 33.5 Å². The van der Waals surface area contributed by atoms with E-state index >= 15 is 0 Å². The number of carbonyl (C=O) groups is 1. The summed E-state index contributed by atoms with van der Waals surface area (Å²) in [7, 11) is 0. The third kappa shape index (κ3) is 2.80. The quantitative estimate of drug-likeness (QED) is 0.925. The number of nitrogens with zero attached hydrogens (tertiary/aromatic N) is 1. The number of carboxylic acid groups (broad SMARTS) is 1. The first-order valence-corrected chi connectivity index (χ1v) is 6.07. The minimum atomic E-state index is -1.20. The van der Waals surface area contributed by atoms with Gasteiger partial charge in [0.05, 0.1) is 9.50 Å². The highest BCUT2D eigenvalue weighted by atomic mass is 79.9. The maximum atomic E-state index is 10.9. The van der Waals surface area contributed by atoms with E-state index in [0.29, 0.717) is 5.75 Å². The molecule has 1 aromatic carbocycles. The lowest BCUT2D eigenvalue weighted by Gasteiger charge is -2.07. The van der Waals surface area contributed by atoms with Crippen molar-refractivity contribution in [3.8, 4) is 11.6 Å². The van der Waals surface area contributed by atoms with Gasteiger partial charge in [0.2, 0.25) is 5.88 Å². The average Bonchev–Trinajstić information content (AvgIpc) is 2.34. The SMILES string of the molecule is O=C(O)c1nc(Oc2ccccc2Br)ccc1Cl. The summed E-state index contributed by atoms with van der Waals surface area (Å²) in [6.07, 6.45) is 0. The van der Waals surface area contributed by atoms with Gasteiger partial charge in [0.15, 0.2) is 5.69 Å². The Morgan fingerprint density at radius 2 is 2.00 bits per heavy atom. The van der Waals surface area contributed by atoms with E-state index in [2.05, 4.69) is 20.9 Å². The van der Waals surface area contributed by atoms with Gasteiger partial charge in [-0.3, -0.25) is 0 Å². The molecule has 2 aromatic rings. The van der Waals surface area contributed by atoms with Crippen molar-refractivity contribution in [1.29, 1.82) is 0 Å². The molecule has 0 saturated carbocycles. The molecule has 1 heterocycles. The van der Waals surface area contributed by atoms with Crippen LogP contribution in [0, 0.1) is 0 Å². The molecular weight excluding hydrogens is 321 g/mol. The van der Waals surface area contributed by atoms with Crippen LogP contribution in [0.5, 0.6) is 11.6 Å². The Morgan fingerprint density at radius 3 is 2.67 bits per heavy atom. The number of hydrogen-bond acceptors (Lipinski definition) is 3. The van der Waals surface area contributed by atoms with Crippen LogP contribution in [0.3, 0.4) is 0 Å². The molecule has 1 N–H and O–H groups in total. The Labute approximate surface area is 116 Å². The number of rotatable bonds is 3. The van der Waals surface area contributed by atoms with Crippen molar-refractivity contribution in [2.45, 2.75) is 0 Å². The fourth-order valence-corrected chi connectivity index (χ4v) is 1.82. The van der Waals surface area contributed by atoms with Gasteiger partial charge in [-0.15, -0.1) is 0 Å². The highest BCUT2D eigenvalue weighted by molar-refractivity contribution is 9.10. The van der Waals surface area contributed by atoms with Gasteiger partial charge < -0.3 is 9.84 Å². The predicted molar refractivity (Wildman–Crippen MR) is 70.4 cm³/mol. The Kier molecular flexibility index (Phi) is 3.84. The number of benzene rings is 1. The van der Waals surface area contributed by atoms with E-state index in [1.54, 1.807) is 12.1 Å². The molecule has 0 amide bonds. The monoisotopic (exact) mass is 327 g/mol. The van der Waals surface area contributed by atoms with E-state index in [1.165, 1.54) is 12.1 Å². The second-order valence-corrected chi connectivity index (χ2v) is 4.58. The van der Waals surface area contributed by atoms with Crippen molar-refractivity contribution in [2.24, 2.45) is 0 Å². The number of carboxylic acids is 1. The van der Waals surface area contributed by atoms with Crippen LogP contribution in [-0.2, 0) is 0 Å². The molecular formula is C12H7BrClNO3. The number of hydrogen-bond donors (Lipinski definition) is 1. The lowest BCUT2D eigenvalue weighted by Crippen LogP contribution is -2.02. The average molecular weight is 329 g/mol. The normalized spacial score (nSPS) is 10.1. The number of aromatic carboxylic acids is 1. The van der Waals surface area contributed by atoms with Gasteiger partial charge in [-0.1, -0.05) is 23.7 Å². The summed E-state index contributed by atoms with van der Waals surface area (Å²) in [5, 5.41) is 8.97. The maximum Gasteiger partial charge on any atom is 0.356 e. The molecule has 0 aliphatic carbocycles. The molecule has 0 radical (unpaired) electrons. The highest BCUT2D eigenvalue weighted by Crippen LogP contribution is 2.29. The fraction of sp³-hybridized carbons (Fsp3) is 0. The lowest BCUT2D eigenvalue weighted by molar-refractivity contribution is 0.0690. The summed E-state index contributed by atoms with van der Waals surface area (Å²) < 4.78 is 6.22. The van der Waals surface area contributed by atoms with Crippen LogP contribution in [0.4, 0.5) is 0 Å². The number of halogens is 2. The molecule has 18 heavy (non-hydrogen) atoms. The predicted octanol–water partition coefficient (Wildman–Crippen LogP) is 3.99. The third-order valence-electron chi connectivity index (χ3n) is 2.07. The van der Waals surface area contributed by atoms with Crippen LogP contribution in [0.15, 0.2) is 40.9 Å². The van der Waals surface area contributed by atoms with Gasteiger partial charge in [0.1, 0.15) is 5.75 Å². The molecule has 0 atom stereocenters. The Bertz CT molecular complexity index is 604. The molecule has 1 aromatic heterocycles. The smallest absolute Gasteiger partial charge is 0.356 e. The Balaban J connectivity index is 2.33. The lowest BCUT2D eigenvalue weighted by atomic mass is 10.3. The molecule has 0 spiro atoms. The molecule has 0 aliphatic rings. The molecule has 92 valence electrons. The summed E-state index contributed by atoms with van der Waals surface area (Å²) in [6.45, 7) is 0. The van der Waals surface area contributed by atoms with Gasteiger partial charge in [-0.2, -0.15) is 0 Å². The van der Waals surface area contributed by atoms with E-state index < -0.39 is 5.97 Å². The summed E-state index contributed by atoms with van der Waals surface area (Å²) in [6, 6.07) is 10.1. The van der Waals surface area contributed by atoms with E-state index in [0.717, 1.165) is 4.47 Å². The topological polar surface area (TPSA) is 59.4 Å². The minimum absolute atomic E-state index is 0.0713. The van der Waals surface area contributed by atoms with Crippen molar-refractivity contribution in [1.82, 2.24) is 4.98 Å². The van der Waals surface area contributed by atoms with Crippen LogP contribution in [0.25, 0.3) is 0 Å². The van der Waals surface area contributed by atoms with Gasteiger partial charge >= 0.3 is 5.97 Å². The van der Waals surface area contributed by atoms with Crippen LogP contribution < -0.4 is 4.74 Å². The zero-order valence-corrected chi connectivity index (χ0v) is 11.3. The molecule has 2 rings (SSSR count). The number of para-hydroxylation sites is 1. The zero-order chi connectivity index (χ0) is 13.1. The first kappa shape index (κ1) is 12.9. The summed E-state index contributed by atoms with van der Waals surface area (Å²) in [4.78, 5) is 14.7. The van der Waals surface area contributed by atoms with Crippen LogP contribution in [0.1, 0.15) is 10.5 Å². The maximum absolute atomic E-state index is 10.9. The largest absolute Gasteiger partial charge is 0.476 e. The standard InChI is InChI=1S/C12H7BrClNO3/c13-7-3-1-2-4-9(7)18-10-6-5-8(14)11(15-10)12(16)17/h1-6H,(H,16,17). The van der Waals surface area contributed by atoms with Gasteiger partial charge in [0, 0.05) is 6.07 Å².